The molecule has 9 aromatic rings. The van der Waals surface area contributed by atoms with E-state index in [1.165, 1.54) is 22.7 Å². The second-order valence-electron chi connectivity index (χ2n) is 17.5. The minimum atomic E-state index is -0.577. The van der Waals surface area contributed by atoms with Gasteiger partial charge in [-0.25, -0.2) is 9.98 Å². The van der Waals surface area contributed by atoms with Crippen LogP contribution >= 0.6 is 22.7 Å². The van der Waals surface area contributed by atoms with Crippen molar-refractivity contribution in [2.45, 2.75) is 75.4 Å². The maximum atomic E-state index is 13.8. The Balaban J connectivity index is 0.976. The summed E-state index contributed by atoms with van der Waals surface area (Å²) in [7, 11) is 0. The summed E-state index contributed by atoms with van der Waals surface area (Å²) in [5.74, 6) is 1.51. The van der Waals surface area contributed by atoms with Gasteiger partial charge in [0.15, 0.2) is 10.7 Å². The lowest BCUT2D eigenvalue weighted by atomic mass is 9.76. The quantitative estimate of drug-likeness (QED) is 0.171. The lowest BCUT2D eigenvalue weighted by Gasteiger charge is -2.44. The first kappa shape index (κ1) is 36.3. The van der Waals surface area contributed by atoms with E-state index in [1.807, 2.05) is 60.7 Å². The molecule has 0 radical (unpaired) electrons. The third-order valence-electron chi connectivity index (χ3n) is 14.0. The summed E-state index contributed by atoms with van der Waals surface area (Å²) < 4.78 is 14.4. The summed E-state index contributed by atoms with van der Waals surface area (Å²) in [6.07, 6.45) is 9.66. The van der Waals surface area contributed by atoms with Crippen LogP contribution in [-0.4, -0.2) is 0 Å². The monoisotopic (exact) mass is 848 g/mol. The smallest absolute Gasteiger partial charge is 0.216 e. The first-order chi connectivity index (χ1) is 30.3. The van der Waals surface area contributed by atoms with Crippen LogP contribution in [0, 0.1) is 0 Å². The molecule has 62 heavy (non-hydrogen) atoms. The topological polar surface area (TPSA) is 111 Å². The molecule has 0 saturated heterocycles. The van der Waals surface area contributed by atoms with Gasteiger partial charge in [0.2, 0.25) is 21.7 Å². The predicted octanol–water partition coefficient (Wildman–Crippen LogP) is 10.5. The van der Waals surface area contributed by atoms with Crippen LogP contribution < -0.4 is 41.9 Å². The van der Waals surface area contributed by atoms with Gasteiger partial charge in [0.1, 0.15) is 32.7 Å². The van der Waals surface area contributed by atoms with Gasteiger partial charge in [-0.2, -0.15) is 0 Å². The molecule has 2 spiro atoms. The second-order valence-corrected chi connectivity index (χ2v) is 19.6. The molecule has 13 rings (SSSR count). The van der Waals surface area contributed by atoms with E-state index < -0.39 is 11.2 Å². The van der Waals surface area contributed by atoms with Crippen molar-refractivity contribution < 1.29 is 9.47 Å². The van der Waals surface area contributed by atoms with Crippen LogP contribution in [0.15, 0.2) is 126 Å². The van der Waals surface area contributed by atoms with Crippen LogP contribution in [0.1, 0.15) is 75.3 Å². The maximum Gasteiger partial charge on any atom is 0.216 e. The number of ether oxygens (including phenoxy) is 2. The summed E-state index contributed by atoms with van der Waals surface area (Å²) in [6.45, 7) is 0. The van der Waals surface area contributed by atoms with E-state index in [9.17, 15) is 19.2 Å². The van der Waals surface area contributed by atoms with Gasteiger partial charge in [-0.1, -0.05) is 61.4 Å². The fourth-order valence-corrected chi connectivity index (χ4v) is 13.2. The first-order valence-corrected chi connectivity index (χ1v) is 23.2. The molecule has 4 aliphatic rings. The molecule has 7 aromatic carbocycles. The van der Waals surface area contributed by atoms with Crippen molar-refractivity contribution in [1.29, 1.82) is 0 Å². The van der Waals surface area contributed by atoms with E-state index in [2.05, 4.69) is 12.1 Å². The van der Waals surface area contributed by atoms with Gasteiger partial charge in [0.05, 0.1) is 0 Å². The van der Waals surface area contributed by atoms with Crippen molar-refractivity contribution in [2.24, 2.45) is 9.98 Å². The molecule has 8 nitrogen and oxygen atoms in total. The summed E-state index contributed by atoms with van der Waals surface area (Å²) in [5.41, 5.74) is 1.38. The third-order valence-corrected chi connectivity index (χ3v) is 16.1. The molecular formula is C52H36N2O6S2. The minimum absolute atomic E-state index is 0.0522. The highest BCUT2D eigenvalue weighted by atomic mass is 32.1. The zero-order valence-corrected chi connectivity index (χ0v) is 35.1. The Morgan fingerprint density at radius 2 is 0.774 bits per heavy atom. The van der Waals surface area contributed by atoms with Crippen LogP contribution in [0.3, 0.4) is 0 Å². The number of hydrogen-bond acceptors (Lipinski definition) is 10. The van der Waals surface area contributed by atoms with Crippen molar-refractivity contribution in [3.63, 3.8) is 0 Å². The molecule has 2 aliphatic carbocycles. The Kier molecular flexibility index (Phi) is 7.66. The molecule has 10 heteroatoms. The number of hydrogen-bond donors (Lipinski definition) is 0. The summed E-state index contributed by atoms with van der Waals surface area (Å²) in [4.78, 5) is 66.9. The van der Waals surface area contributed by atoms with Gasteiger partial charge in [-0.05, 0) is 121 Å². The molecule has 0 amide bonds. The van der Waals surface area contributed by atoms with Gasteiger partial charge in [0.25, 0.3) is 0 Å². The highest BCUT2D eigenvalue weighted by Gasteiger charge is 2.47. The molecule has 4 heterocycles. The molecule has 2 aliphatic heterocycles. The van der Waals surface area contributed by atoms with E-state index >= 15 is 0 Å². The van der Waals surface area contributed by atoms with E-state index in [0.29, 0.717) is 31.5 Å². The largest absolute Gasteiger partial charge is 0.482 e. The lowest BCUT2D eigenvalue weighted by Crippen LogP contribution is -2.38. The standard InChI is InChI=1S/C52H36N2O6S2/c55-45-31-19-27-11-3-4-12-28(27)20-32(31)46(56)43(45)53-41-25-37-49(61-41)35-24-40-36(23-39(35)59-51(37)15-7-1-8-16-51)50-38(52(60-40)17-9-2-10-18-52)26-42(62-50)54-44-47(57)33-21-29-13-5-6-14-30(29)22-34(33)48(44)58/h3-6,11-14,19-26H,1-2,7-10,15-18H2. The van der Waals surface area contributed by atoms with Crippen molar-refractivity contribution in [1.82, 2.24) is 0 Å². The van der Waals surface area contributed by atoms with Gasteiger partial charge in [-0.15, -0.1) is 22.7 Å². The molecule has 0 bridgehead atoms. The Bertz CT molecular complexity index is 3380. The van der Waals surface area contributed by atoms with Crippen LogP contribution in [0.4, 0.5) is 10.0 Å². The van der Waals surface area contributed by atoms with Gasteiger partial charge in [-0.3, -0.25) is 19.2 Å². The fraction of sp³-hybridized carbons (Fsp3) is 0.231. The molecule has 2 aromatic heterocycles. The van der Waals surface area contributed by atoms with Gasteiger partial charge in [0, 0.05) is 53.6 Å². The number of rotatable bonds is 2. The minimum Gasteiger partial charge on any atom is -0.482 e. The normalized spacial score (nSPS) is 17.2. The maximum absolute atomic E-state index is 13.8. The average Bonchev–Trinajstić information content (AvgIpc) is 4.04. The molecule has 2 fully saturated rings. The zero-order valence-electron chi connectivity index (χ0n) is 33.5. The number of benzene rings is 5. The number of nitrogens with zero attached hydrogens (tertiary/aromatic N) is 2. The first-order valence-electron chi connectivity index (χ1n) is 21.5. The SMILES string of the molecule is O=c1c(=Nc2cc3c(s2)-c2cc4c(cc2OC32CCCCC2)-c2sc(N=c3c(=O)c5cc6ccccc6cc5c3=O)cc2C2(CCCCC2)O4)c(=O)c2cc3ccccc3cc12. The Hall–Kier alpha value is -6.36. The molecule has 0 unspecified atom stereocenters. The molecule has 302 valence electrons. The number of fused-ring (bicyclic) bond motifs is 12. The van der Waals surface area contributed by atoms with E-state index in [4.69, 9.17) is 19.5 Å². The molecule has 2 saturated carbocycles. The van der Waals surface area contributed by atoms with Crippen LogP contribution in [0.5, 0.6) is 11.5 Å². The van der Waals surface area contributed by atoms with Crippen molar-refractivity contribution in [3.05, 3.63) is 160 Å². The van der Waals surface area contributed by atoms with E-state index in [0.717, 1.165) is 129 Å². The van der Waals surface area contributed by atoms with E-state index in [-0.39, 0.29) is 32.4 Å². The summed E-state index contributed by atoms with van der Waals surface area (Å²) in [6, 6.07) is 31.0. The summed E-state index contributed by atoms with van der Waals surface area (Å²) in [5, 5.41) is 6.32. The predicted molar refractivity (Wildman–Crippen MR) is 247 cm³/mol. The molecular weight excluding hydrogens is 813 g/mol. The number of thiophene rings is 2. The van der Waals surface area contributed by atoms with Crippen LogP contribution in [0.2, 0.25) is 0 Å². The van der Waals surface area contributed by atoms with Crippen LogP contribution in [0.25, 0.3) is 64.0 Å². The summed E-state index contributed by atoms with van der Waals surface area (Å²) >= 11 is 2.99. The molecule has 0 N–H and O–H groups in total. The Morgan fingerprint density at radius 1 is 0.435 bits per heavy atom. The van der Waals surface area contributed by atoms with Crippen molar-refractivity contribution in [3.8, 4) is 32.4 Å². The highest BCUT2D eigenvalue weighted by molar-refractivity contribution is 7.19. The second kappa shape index (κ2) is 13.1. The van der Waals surface area contributed by atoms with Crippen molar-refractivity contribution in [2.75, 3.05) is 0 Å². The zero-order chi connectivity index (χ0) is 41.5. The third kappa shape index (κ3) is 5.16. The average molecular weight is 849 g/mol. The Labute approximate surface area is 361 Å². The van der Waals surface area contributed by atoms with Crippen LogP contribution in [-0.2, 0) is 11.2 Å². The van der Waals surface area contributed by atoms with Crippen molar-refractivity contribution >= 4 is 75.8 Å². The van der Waals surface area contributed by atoms with Gasteiger partial charge >= 0.3 is 0 Å². The van der Waals surface area contributed by atoms with Gasteiger partial charge < -0.3 is 9.47 Å². The lowest BCUT2D eigenvalue weighted by molar-refractivity contribution is 0.0203. The Morgan fingerprint density at radius 3 is 1.11 bits per heavy atom. The fourth-order valence-electron chi connectivity index (χ4n) is 10.9. The van der Waals surface area contributed by atoms with E-state index in [1.54, 1.807) is 24.3 Å². The molecule has 0 atom stereocenters. The highest BCUT2D eigenvalue weighted by Crippen LogP contribution is 2.61.